The zero-order valence-electron chi connectivity index (χ0n) is 17.4. The van der Waals surface area contributed by atoms with E-state index in [9.17, 15) is 13.2 Å². The number of rotatable bonds is 8. The summed E-state index contributed by atoms with van der Waals surface area (Å²) < 4.78 is 28.3. The van der Waals surface area contributed by atoms with E-state index in [1.165, 1.54) is 24.3 Å². The third-order valence-corrected chi connectivity index (χ3v) is 7.37. The fourth-order valence-electron chi connectivity index (χ4n) is 3.26. The van der Waals surface area contributed by atoms with E-state index >= 15 is 0 Å². The van der Waals surface area contributed by atoms with Gasteiger partial charge < -0.3 is 4.90 Å². The number of carbonyl (C=O) groups excluding carboxylic acids is 1. The summed E-state index contributed by atoms with van der Waals surface area (Å²) >= 11 is 12.6. The van der Waals surface area contributed by atoms with Crippen LogP contribution in [-0.4, -0.2) is 27.4 Å². The van der Waals surface area contributed by atoms with Crippen LogP contribution in [0.1, 0.15) is 17.3 Å². The third kappa shape index (κ3) is 4.83. The van der Waals surface area contributed by atoms with Crippen molar-refractivity contribution in [2.45, 2.75) is 11.8 Å². The monoisotopic (exact) mass is 488 g/mol. The minimum Gasteiger partial charge on any atom is -0.309 e. The first-order chi connectivity index (χ1) is 15.3. The second kappa shape index (κ2) is 10.2. The quantitative estimate of drug-likeness (QED) is 0.363. The first-order valence-corrected chi connectivity index (χ1v) is 12.1. The molecule has 0 aliphatic rings. The van der Waals surface area contributed by atoms with E-state index in [1.54, 1.807) is 29.2 Å². The minimum absolute atomic E-state index is 0.00502. The van der Waals surface area contributed by atoms with Crippen LogP contribution in [0.5, 0.6) is 0 Å². The van der Waals surface area contributed by atoms with Gasteiger partial charge in [-0.05, 0) is 49.4 Å². The molecular formula is C24H22Cl2N2O3S. The molecule has 166 valence electrons. The van der Waals surface area contributed by atoms with Crippen molar-refractivity contribution in [2.75, 3.05) is 22.3 Å². The lowest BCUT2D eigenvalue weighted by Gasteiger charge is -2.25. The first-order valence-electron chi connectivity index (χ1n) is 9.86. The Labute approximate surface area is 198 Å². The molecule has 3 aromatic rings. The van der Waals surface area contributed by atoms with Gasteiger partial charge in [-0.2, -0.15) is 0 Å². The molecule has 5 nitrogen and oxygen atoms in total. The maximum absolute atomic E-state index is 13.6. The summed E-state index contributed by atoms with van der Waals surface area (Å²) in [5.41, 5.74) is 1.21. The highest BCUT2D eigenvalue weighted by atomic mass is 35.5. The highest BCUT2D eigenvalue weighted by Crippen LogP contribution is 2.33. The van der Waals surface area contributed by atoms with Gasteiger partial charge in [0.25, 0.3) is 15.9 Å². The number of carbonyl (C=O) groups is 1. The Bertz CT molecular complexity index is 1230. The van der Waals surface area contributed by atoms with Crippen molar-refractivity contribution < 1.29 is 13.2 Å². The van der Waals surface area contributed by atoms with Gasteiger partial charge in [-0.3, -0.25) is 9.10 Å². The van der Waals surface area contributed by atoms with Crippen LogP contribution in [-0.2, 0) is 10.0 Å². The van der Waals surface area contributed by atoms with Crippen molar-refractivity contribution in [3.8, 4) is 0 Å². The van der Waals surface area contributed by atoms with Crippen molar-refractivity contribution >= 4 is 50.5 Å². The lowest BCUT2D eigenvalue weighted by molar-refractivity contribution is 0.0988. The molecule has 0 heterocycles. The molecule has 8 heteroatoms. The molecule has 0 unspecified atom stereocenters. The number of benzene rings is 3. The Balaban J connectivity index is 2.08. The molecule has 0 saturated carbocycles. The maximum atomic E-state index is 13.6. The smallest absolute Gasteiger partial charge is 0.266 e. The van der Waals surface area contributed by atoms with Crippen LogP contribution >= 0.6 is 23.2 Å². The molecule has 0 saturated heterocycles. The van der Waals surface area contributed by atoms with Crippen LogP contribution < -0.4 is 9.21 Å². The van der Waals surface area contributed by atoms with Gasteiger partial charge in [0.1, 0.15) is 4.90 Å². The summed E-state index contributed by atoms with van der Waals surface area (Å²) in [6.07, 6.45) is 1.46. The van der Waals surface area contributed by atoms with Crippen LogP contribution in [0.4, 0.5) is 11.4 Å². The van der Waals surface area contributed by atoms with Gasteiger partial charge in [0.2, 0.25) is 0 Å². The average molecular weight is 489 g/mol. The van der Waals surface area contributed by atoms with E-state index in [1.807, 2.05) is 37.3 Å². The van der Waals surface area contributed by atoms with Gasteiger partial charge in [-0.15, -0.1) is 6.58 Å². The Morgan fingerprint density at radius 1 is 0.969 bits per heavy atom. The van der Waals surface area contributed by atoms with Gasteiger partial charge in [-0.1, -0.05) is 59.6 Å². The molecule has 0 aliphatic carbocycles. The van der Waals surface area contributed by atoms with E-state index in [0.717, 1.165) is 4.31 Å². The largest absolute Gasteiger partial charge is 0.309 e. The lowest BCUT2D eigenvalue weighted by atomic mass is 10.2. The predicted octanol–water partition coefficient (Wildman–Crippen LogP) is 6.04. The topological polar surface area (TPSA) is 57.7 Å². The number of nitrogens with zero attached hydrogens (tertiary/aromatic N) is 2. The van der Waals surface area contributed by atoms with E-state index in [4.69, 9.17) is 23.2 Å². The molecule has 32 heavy (non-hydrogen) atoms. The molecule has 0 N–H and O–H groups in total. The van der Waals surface area contributed by atoms with E-state index in [0.29, 0.717) is 17.9 Å². The number of hydrogen-bond donors (Lipinski definition) is 0. The summed E-state index contributed by atoms with van der Waals surface area (Å²) in [5, 5.41) is 0.271. The average Bonchev–Trinajstić information content (AvgIpc) is 2.79. The Morgan fingerprint density at radius 3 is 2.25 bits per heavy atom. The summed E-state index contributed by atoms with van der Waals surface area (Å²) in [6, 6.07) is 20.0. The summed E-state index contributed by atoms with van der Waals surface area (Å²) in [5.74, 6) is -0.333. The summed E-state index contributed by atoms with van der Waals surface area (Å²) in [6.45, 7) is 5.90. The molecule has 0 atom stereocenters. The number of halogens is 2. The maximum Gasteiger partial charge on any atom is 0.266 e. The van der Waals surface area contributed by atoms with Crippen LogP contribution in [0.25, 0.3) is 0 Å². The SMILES string of the molecule is C=CCN(c1ccccc1Cl)S(=O)(=O)c1cc(C(=O)N(CC)c2ccccc2)ccc1Cl. The van der Waals surface area contributed by atoms with Gasteiger partial charge in [0.05, 0.1) is 22.3 Å². The van der Waals surface area contributed by atoms with Crippen molar-refractivity contribution in [1.82, 2.24) is 0 Å². The van der Waals surface area contributed by atoms with E-state index < -0.39 is 10.0 Å². The molecule has 0 fully saturated rings. The fraction of sp³-hybridized carbons (Fsp3) is 0.125. The molecule has 0 spiro atoms. The van der Waals surface area contributed by atoms with Crippen LogP contribution in [0.3, 0.4) is 0 Å². The number of para-hydroxylation sites is 2. The highest BCUT2D eigenvalue weighted by Gasteiger charge is 2.29. The van der Waals surface area contributed by atoms with Crippen LogP contribution in [0.15, 0.2) is 90.3 Å². The third-order valence-electron chi connectivity index (χ3n) is 4.79. The summed E-state index contributed by atoms with van der Waals surface area (Å²) in [7, 11) is -4.15. The van der Waals surface area contributed by atoms with E-state index in [-0.39, 0.29) is 33.0 Å². The normalized spacial score (nSPS) is 11.1. The standard InChI is InChI=1S/C24H22Cl2N2O3S/c1-3-16-28(22-13-9-8-12-20(22)25)32(30,31)23-17-18(14-15-21(23)26)24(29)27(4-2)19-10-6-5-7-11-19/h3,5-15,17H,1,4,16H2,2H3. The molecule has 3 aromatic carbocycles. The van der Waals surface area contributed by atoms with Gasteiger partial charge in [-0.25, -0.2) is 8.42 Å². The number of amides is 1. The van der Waals surface area contributed by atoms with Crippen LogP contribution in [0.2, 0.25) is 10.0 Å². The molecule has 3 rings (SSSR count). The summed E-state index contributed by atoms with van der Waals surface area (Å²) in [4.78, 5) is 14.6. The number of anilines is 2. The van der Waals surface area contributed by atoms with Crippen molar-refractivity contribution in [3.05, 3.63) is 101 Å². The highest BCUT2D eigenvalue weighted by molar-refractivity contribution is 7.93. The lowest BCUT2D eigenvalue weighted by Crippen LogP contribution is -2.33. The first kappa shape index (κ1) is 23.9. The Kier molecular flexibility index (Phi) is 7.61. The Hall–Kier alpha value is -2.80. The molecule has 0 radical (unpaired) electrons. The second-order valence-electron chi connectivity index (χ2n) is 6.81. The second-order valence-corrected chi connectivity index (χ2v) is 9.45. The molecule has 1 amide bonds. The Morgan fingerprint density at radius 2 is 1.62 bits per heavy atom. The zero-order valence-corrected chi connectivity index (χ0v) is 19.7. The number of hydrogen-bond acceptors (Lipinski definition) is 3. The van der Waals surface area contributed by atoms with E-state index in [2.05, 4.69) is 6.58 Å². The molecule has 0 bridgehead atoms. The minimum atomic E-state index is -4.15. The molecule has 0 aliphatic heterocycles. The molecule has 0 aromatic heterocycles. The fourth-order valence-corrected chi connectivity index (χ4v) is 5.50. The van der Waals surface area contributed by atoms with Crippen molar-refractivity contribution in [3.63, 3.8) is 0 Å². The van der Waals surface area contributed by atoms with Gasteiger partial charge >= 0.3 is 0 Å². The van der Waals surface area contributed by atoms with Crippen LogP contribution in [0, 0.1) is 0 Å². The van der Waals surface area contributed by atoms with Gasteiger partial charge in [0.15, 0.2) is 0 Å². The molecular weight excluding hydrogens is 467 g/mol. The zero-order chi connectivity index (χ0) is 23.3. The van der Waals surface area contributed by atoms with Crippen molar-refractivity contribution in [1.29, 1.82) is 0 Å². The predicted molar refractivity (Wildman–Crippen MR) is 131 cm³/mol. The van der Waals surface area contributed by atoms with Crippen molar-refractivity contribution in [2.24, 2.45) is 0 Å². The number of sulfonamides is 1. The van der Waals surface area contributed by atoms with Gasteiger partial charge in [0, 0.05) is 17.8 Å².